The summed E-state index contributed by atoms with van der Waals surface area (Å²) in [5.41, 5.74) is 1.43. The molecule has 1 aliphatic rings. The Morgan fingerprint density at radius 2 is 1.92 bits per heavy atom. The summed E-state index contributed by atoms with van der Waals surface area (Å²) in [6.07, 6.45) is 3.22. The van der Waals surface area contributed by atoms with Crippen molar-refractivity contribution >= 4 is 29.3 Å². The molecule has 0 unspecified atom stereocenters. The Morgan fingerprint density at radius 3 is 2.60 bits per heavy atom. The highest BCUT2D eigenvalue weighted by molar-refractivity contribution is 7.93. The zero-order chi connectivity index (χ0) is 17.2. The molecular formula is C15H12FN7OS. The molecule has 1 fully saturated rings. The third-order valence-electron chi connectivity index (χ3n) is 3.87. The second-order valence-electron chi connectivity index (χ2n) is 5.29. The first kappa shape index (κ1) is 15.7. The van der Waals surface area contributed by atoms with Crippen molar-refractivity contribution in [3.05, 3.63) is 30.4 Å². The number of hydrogen-bond acceptors (Lipinski definition) is 8. The van der Waals surface area contributed by atoms with Gasteiger partial charge in [0.25, 0.3) is 0 Å². The molecule has 0 bridgehead atoms. The lowest BCUT2D eigenvalue weighted by Crippen LogP contribution is -2.37. The average Bonchev–Trinajstić information content (AvgIpc) is 3.07. The maximum absolute atomic E-state index is 13.7. The molecule has 0 aliphatic carbocycles. The topological polar surface area (TPSA) is 92.8 Å². The van der Waals surface area contributed by atoms with E-state index in [-0.39, 0.29) is 23.8 Å². The predicted octanol–water partition coefficient (Wildman–Crippen LogP) is 1.98. The van der Waals surface area contributed by atoms with Crippen LogP contribution in [0.4, 0.5) is 9.70 Å². The fraction of sp³-hybridized carbons (Fsp3) is 0.267. The standard InChI is InChI=1S/C15H12FN7OS/c16-25-23-13(10-1-3-18-4-2-10)21-12-14(22-5-7-24-8-6-22)19-11(9-17)20-15(12)23/h1-4H,5-8H2. The van der Waals surface area contributed by atoms with E-state index in [0.717, 1.165) is 0 Å². The molecule has 8 nitrogen and oxygen atoms in total. The summed E-state index contributed by atoms with van der Waals surface area (Å²) in [7, 11) is 0. The van der Waals surface area contributed by atoms with Gasteiger partial charge in [-0.15, -0.1) is 3.89 Å². The minimum Gasteiger partial charge on any atom is -0.378 e. The van der Waals surface area contributed by atoms with E-state index >= 15 is 0 Å². The lowest BCUT2D eigenvalue weighted by atomic mass is 10.2. The van der Waals surface area contributed by atoms with E-state index in [1.54, 1.807) is 24.5 Å². The summed E-state index contributed by atoms with van der Waals surface area (Å²) < 4.78 is 20.3. The number of ether oxygens (including phenoxy) is 1. The molecule has 10 heteroatoms. The second-order valence-corrected chi connectivity index (χ2v) is 5.79. The molecule has 0 N–H and O–H groups in total. The van der Waals surface area contributed by atoms with Crippen LogP contribution >= 0.6 is 12.3 Å². The minimum atomic E-state index is -0.0227. The molecule has 126 valence electrons. The van der Waals surface area contributed by atoms with Gasteiger partial charge in [0.1, 0.15) is 6.07 Å². The van der Waals surface area contributed by atoms with Crippen molar-refractivity contribution in [2.45, 2.75) is 0 Å². The summed E-state index contributed by atoms with van der Waals surface area (Å²) in [6.45, 7) is 2.36. The van der Waals surface area contributed by atoms with Gasteiger partial charge in [0.15, 0.2) is 35.1 Å². The van der Waals surface area contributed by atoms with E-state index in [2.05, 4.69) is 19.9 Å². The Morgan fingerprint density at radius 1 is 1.16 bits per heavy atom. The Kier molecular flexibility index (Phi) is 4.17. The Bertz CT molecular complexity index is 950. The Hall–Kier alpha value is -2.77. The molecule has 1 aliphatic heterocycles. The van der Waals surface area contributed by atoms with Crippen LogP contribution in [0.25, 0.3) is 22.6 Å². The summed E-state index contributed by atoms with van der Waals surface area (Å²) in [5, 5.41) is 9.25. The fourth-order valence-corrected chi connectivity index (χ4v) is 3.12. The molecule has 0 aromatic carbocycles. The van der Waals surface area contributed by atoms with Crippen molar-refractivity contribution in [3.8, 4) is 17.5 Å². The molecule has 0 amide bonds. The summed E-state index contributed by atoms with van der Waals surface area (Å²) >= 11 is -0.00818. The lowest BCUT2D eigenvalue weighted by Gasteiger charge is -2.27. The van der Waals surface area contributed by atoms with Gasteiger partial charge in [-0.25, -0.2) is 8.96 Å². The molecule has 25 heavy (non-hydrogen) atoms. The number of nitrogens with zero attached hydrogens (tertiary/aromatic N) is 7. The number of rotatable bonds is 3. The van der Waals surface area contributed by atoms with Crippen LogP contribution < -0.4 is 4.90 Å². The van der Waals surface area contributed by atoms with Crippen molar-refractivity contribution in [2.75, 3.05) is 31.2 Å². The summed E-state index contributed by atoms with van der Waals surface area (Å²) in [5.74, 6) is 0.891. The van der Waals surface area contributed by atoms with E-state index < -0.39 is 0 Å². The maximum Gasteiger partial charge on any atom is 0.236 e. The van der Waals surface area contributed by atoms with Gasteiger partial charge in [0, 0.05) is 31.0 Å². The Balaban J connectivity index is 1.96. The van der Waals surface area contributed by atoms with E-state index in [1.165, 1.54) is 3.97 Å². The van der Waals surface area contributed by atoms with Crippen LogP contribution in [0.2, 0.25) is 0 Å². The number of aromatic nitrogens is 5. The molecule has 4 rings (SSSR count). The molecular weight excluding hydrogens is 345 g/mol. The minimum absolute atomic E-state index is 0.00818. The first-order chi connectivity index (χ1) is 12.3. The van der Waals surface area contributed by atoms with Crippen LogP contribution in [0.3, 0.4) is 0 Å². The Labute approximate surface area is 146 Å². The lowest BCUT2D eigenvalue weighted by molar-refractivity contribution is 0.122. The third kappa shape index (κ3) is 2.77. The van der Waals surface area contributed by atoms with Crippen LogP contribution in [-0.2, 0) is 4.74 Å². The number of nitriles is 1. The maximum atomic E-state index is 13.7. The highest BCUT2D eigenvalue weighted by Crippen LogP contribution is 2.32. The van der Waals surface area contributed by atoms with Gasteiger partial charge in [-0.05, 0) is 12.1 Å². The zero-order valence-corrected chi connectivity index (χ0v) is 13.8. The van der Waals surface area contributed by atoms with Gasteiger partial charge >= 0.3 is 0 Å². The number of fused-ring (bicyclic) bond motifs is 1. The van der Waals surface area contributed by atoms with Crippen molar-refractivity contribution in [1.82, 2.24) is 23.9 Å². The first-order valence-electron chi connectivity index (χ1n) is 7.54. The predicted molar refractivity (Wildman–Crippen MR) is 90.4 cm³/mol. The van der Waals surface area contributed by atoms with Gasteiger partial charge in [-0.3, -0.25) is 4.98 Å². The molecule has 4 heterocycles. The molecule has 3 aromatic rings. The second kappa shape index (κ2) is 6.62. The van der Waals surface area contributed by atoms with E-state index in [1.807, 2.05) is 11.0 Å². The summed E-state index contributed by atoms with van der Waals surface area (Å²) in [6, 6.07) is 5.41. The largest absolute Gasteiger partial charge is 0.378 e. The van der Waals surface area contributed by atoms with E-state index in [4.69, 9.17) is 4.74 Å². The number of halogens is 1. The number of anilines is 1. The summed E-state index contributed by atoms with van der Waals surface area (Å²) in [4.78, 5) is 19.0. The molecule has 0 atom stereocenters. The highest BCUT2D eigenvalue weighted by atomic mass is 32.2. The van der Waals surface area contributed by atoms with Crippen molar-refractivity contribution in [1.29, 1.82) is 5.26 Å². The van der Waals surface area contributed by atoms with Crippen molar-refractivity contribution in [2.24, 2.45) is 0 Å². The van der Waals surface area contributed by atoms with Crippen molar-refractivity contribution < 1.29 is 8.62 Å². The van der Waals surface area contributed by atoms with Gasteiger partial charge in [0.05, 0.1) is 13.2 Å². The van der Waals surface area contributed by atoms with Crippen LogP contribution in [0, 0.1) is 11.3 Å². The van der Waals surface area contributed by atoms with E-state index in [9.17, 15) is 9.15 Å². The highest BCUT2D eigenvalue weighted by Gasteiger charge is 2.24. The number of pyridine rings is 1. The molecule has 0 spiro atoms. The number of hydrogen-bond donors (Lipinski definition) is 0. The van der Waals surface area contributed by atoms with Crippen LogP contribution in [0.5, 0.6) is 0 Å². The van der Waals surface area contributed by atoms with Gasteiger partial charge in [0.2, 0.25) is 5.82 Å². The quantitative estimate of drug-likeness (QED) is 0.702. The number of morpholine rings is 1. The third-order valence-corrected chi connectivity index (χ3v) is 4.35. The fourth-order valence-electron chi connectivity index (χ4n) is 2.72. The van der Waals surface area contributed by atoms with Crippen LogP contribution in [-0.4, -0.2) is 50.2 Å². The van der Waals surface area contributed by atoms with Crippen molar-refractivity contribution in [3.63, 3.8) is 0 Å². The van der Waals surface area contributed by atoms with Gasteiger partial charge in [-0.2, -0.15) is 15.2 Å². The smallest absolute Gasteiger partial charge is 0.236 e. The zero-order valence-electron chi connectivity index (χ0n) is 13.0. The van der Waals surface area contributed by atoms with Crippen LogP contribution in [0.15, 0.2) is 24.5 Å². The molecule has 0 radical (unpaired) electrons. The first-order valence-corrected chi connectivity index (χ1v) is 8.22. The van der Waals surface area contributed by atoms with Gasteiger partial charge < -0.3 is 9.64 Å². The van der Waals surface area contributed by atoms with Gasteiger partial charge in [-0.1, -0.05) is 0 Å². The molecule has 3 aromatic heterocycles. The SMILES string of the molecule is N#Cc1nc(N2CCOCC2)c2nc(-c3ccncc3)n(SF)c2n1. The van der Waals surface area contributed by atoms with Crippen LogP contribution in [0.1, 0.15) is 5.82 Å². The average molecular weight is 357 g/mol. The molecule has 1 saturated heterocycles. The number of imidazole rings is 1. The molecule has 0 saturated carbocycles. The monoisotopic (exact) mass is 357 g/mol. The normalized spacial score (nSPS) is 14.6. The van der Waals surface area contributed by atoms with E-state index in [0.29, 0.717) is 49.0 Å².